The van der Waals surface area contributed by atoms with Crippen molar-refractivity contribution in [2.24, 2.45) is 5.73 Å². The van der Waals surface area contributed by atoms with Crippen LogP contribution < -0.4 is 16.0 Å². The maximum Gasteiger partial charge on any atom is 0.405 e. The van der Waals surface area contributed by atoms with E-state index in [-0.39, 0.29) is 6.54 Å². The molecule has 1 aliphatic rings. The fourth-order valence-corrected chi connectivity index (χ4v) is 1.87. The summed E-state index contributed by atoms with van der Waals surface area (Å²) < 4.78 is 37.5. The molecular formula is C11H12F3N3O. The summed E-state index contributed by atoms with van der Waals surface area (Å²) in [4.78, 5) is 12.6. The van der Waals surface area contributed by atoms with Gasteiger partial charge in [-0.3, -0.25) is 4.79 Å². The van der Waals surface area contributed by atoms with E-state index >= 15 is 0 Å². The first-order valence-electron chi connectivity index (χ1n) is 5.34. The number of hydrogen-bond donors (Lipinski definition) is 2. The fourth-order valence-electron chi connectivity index (χ4n) is 1.87. The van der Waals surface area contributed by atoms with E-state index < -0.39 is 24.7 Å². The van der Waals surface area contributed by atoms with Gasteiger partial charge < -0.3 is 16.0 Å². The Morgan fingerprint density at radius 2 is 2.06 bits per heavy atom. The average Bonchev–Trinajstić information content (AvgIpc) is 2.36. The summed E-state index contributed by atoms with van der Waals surface area (Å²) in [6.07, 6.45) is -4.35. The number of nitrogens with two attached hydrogens (primary N) is 1. The smallest absolute Gasteiger partial charge is 0.359 e. The van der Waals surface area contributed by atoms with Gasteiger partial charge in [0.2, 0.25) is 5.91 Å². The molecule has 1 aromatic rings. The van der Waals surface area contributed by atoms with Crippen molar-refractivity contribution >= 4 is 17.3 Å². The lowest BCUT2D eigenvalue weighted by atomic mass is 10.2. The number of fused-ring (bicyclic) bond motifs is 1. The Bertz CT molecular complexity index is 461. The second-order valence-corrected chi connectivity index (χ2v) is 4.11. The molecule has 0 bridgehead atoms. The molecule has 98 valence electrons. The van der Waals surface area contributed by atoms with Gasteiger partial charge in [0, 0.05) is 6.54 Å². The largest absolute Gasteiger partial charge is 0.405 e. The number of anilines is 2. The number of rotatable bonds is 1. The van der Waals surface area contributed by atoms with Crippen LogP contribution in [0.5, 0.6) is 0 Å². The first kappa shape index (κ1) is 12.7. The third-order valence-electron chi connectivity index (χ3n) is 2.63. The highest BCUT2D eigenvalue weighted by Gasteiger charge is 2.34. The van der Waals surface area contributed by atoms with E-state index in [1.165, 1.54) is 6.07 Å². The molecule has 1 heterocycles. The van der Waals surface area contributed by atoms with Crippen molar-refractivity contribution in [2.45, 2.75) is 12.2 Å². The summed E-state index contributed by atoms with van der Waals surface area (Å²) in [5.74, 6) is -0.480. The van der Waals surface area contributed by atoms with Gasteiger partial charge in [0.15, 0.2) is 0 Å². The van der Waals surface area contributed by atoms with E-state index in [9.17, 15) is 18.0 Å². The Morgan fingerprint density at radius 1 is 1.39 bits per heavy atom. The van der Waals surface area contributed by atoms with E-state index in [0.29, 0.717) is 11.4 Å². The lowest BCUT2D eigenvalue weighted by Crippen LogP contribution is -2.45. The van der Waals surface area contributed by atoms with Crippen LogP contribution in [0, 0.1) is 0 Å². The molecule has 1 unspecified atom stereocenters. The van der Waals surface area contributed by atoms with Gasteiger partial charge in [-0.2, -0.15) is 13.2 Å². The molecule has 0 aromatic heterocycles. The fraction of sp³-hybridized carbons (Fsp3) is 0.364. The SMILES string of the molecule is NC1CN(CC(F)(F)F)c2ccccc2NC1=O. The number of benzene rings is 1. The molecule has 0 spiro atoms. The van der Waals surface area contributed by atoms with Crippen molar-refractivity contribution in [3.05, 3.63) is 24.3 Å². The molecule has 0 aliphatic carbocycles. The van der Waals surface area contributed by atoms with Crippen LogP contribution in [0.4, 0.5) is 24.5 Å². The predicted molar refractivity (Wildman–Crippen MR) is 61.3 cm³/mol. The van der Waals surface area contributed by atoms with Gasteiger partial charge in [-0.15, -0.1) is 0 Å². The number of carbonyl (C=O) groups is 1. The first-order valence-corrected chi connectivity index (χ1v) is 5.34. The minimum atomic E-state index is -4.35. The van der Waals surface area contributed by atoms with Gasteiger partial charge in [-0.05, 0) is 12.1 Å². The van der Waals surface area contributed by atoms with Crippen molar-refractivity contribution in [3.63, 3.8) is 0 Å². The van der Waals surface area contributed by atoms with Crippen LogP contribution in [0.3, 0.4) is 0 Å². The zero-order valence-electron chi connectivity index (χ0n) is 9.37. The van der Waals surface area contributed by atoms with E-state index in [4.69, 9.17) is 5.73 Å². The highest BCUT2D eigenvalue weighted by atomic mass is 19.4. The van der Waals surface area contributed by atoms with Crippen LogP contribution in [0.25, 0.3) is 0 Å². The second-order valence-electron chi connectivity index (χ2n) is 4.11. The molecule has 0 saturated heterocycles. The third-order valence-corrected chi connectivity index (χ3v) is 2.63. The number of hydrogen-bond acceptors (Lipinski definition) is 3. The molecular weight excluding hydrogens is 247 g/mol. The number of alkyl halides is 3. The number of carbonyl (C=O) groups excluding carboxylic acids is 1. The topological polar surface area (TPSA) is 58.4 Å². The Balaban J connectivity index is 2.36. The zero-order valence-corrected chi connectivity index (χ0v) is 9.37. The summed E-state index contributed by atoms with van der Waals surface area (Å²) in [6, 6.07) is 5.35. The van der Waals surface area contributed by atoms with Gasteiger partial charge in [-0.25, -0.2) is 0 Å². The molecule has 7 heteroatoms. The third kappa shape index (κ3) is 2.73. The molecule has 18 heavy (non-hydrogen) atoms. The molecule has 4 nitrogen and oxygen atoms in total. The molecule has 0 radical (unpaired) electrons. The molecule has 1 atom stereocenters. The highest BCUT2D eigenvalue weighted by molar-refractivity contribution is 5.99. The lowest BCUT2D eigenvalue weighted by Gasteiger charge is -2.26. The van der Waals surface area contributed by atoms with Crippen molar-refractivity contribution in [1.82, 2.24) is 0 Å². The predicted octanol–water partition coefficient (Wildman–Crippen LogP) is 1.33. The minimum absolute atomic E-state index is 0.164. The number of halogens is 3. The van der Waals surface area contributed by atoms with E-state index in [1.807, 2.05) is 0 Å². The number of nitrogens with one attached hydrogen (secondary N) is 1. The molecule has 3 N–H and O–H groups in total. The molecule has 0 saturated carbocycles. The van der Waals surface area contributed by atoms with Crippen LogP contribution >= 0.6 is 0 Å². The summed E-state index contributed by atoms with van der Waals surface area (Å²) >= 11 is 0. The van der Waals surface area contributed by atoms with Crippen LogP contribution in [0.2, 0.25) is 0 Å². The number of amides is 1. The molecule has 1 amide bonds. The van der Waals surface area contributed by atoms with Crippen molar-refractivity contribution in [3.8, 4) is 0 Å². The average molecular weight is 259 g/mol. The van der Waals surface area contributed by atoms with Crippen LogP contribution in [0.1, 0.15) is 0 Å². The molecule has 1 aromatic carbocycles. The second kappa shape index (κ2) is 4.49. The highest BCUT2D eigenvalue weighted by Crippen LogP contribution is 2.30. The summed E-state index contributed by atoms with van der Waals surface area (Å²) in [5, 5.41) is 2.51. The Morgan fingerprint density at radius 3 is 2.72 bits per heavy atom. The Hall–Kier alpha value is -1.76. The maximum atomic E-state index is 12.5. The summed E-state index contributed by atoms with van der Waals surface area (Å²) in [7, 11) is 0. The Kier molecular flexibility index (Phi) is 3.16. The van der Waals surface area contributed by atoms with Crippen molar-refractivity contribution < 1.29 is 18.0 Å². The maximum absolute atomic E-state index is 12.5. The van der Waals surface area contributed by atoms with Crippen LogP contribution in [-0.4, -0.2) is 31.2 Å². The van der Waals surface area contributed by atoms with Gasteiger partial charge in [0.05, 0.1) is 11.4 Å². The lowest BCUT2D eigenvalue weighted by molar-refractivity contribution is -0.121. The molecule has 0 fully saturated rings. The quantitative estimate of drug-likeness (QED) is 0.800. The molecule has 2 rings (SSSR count). The van der Waals surface area contributed by atoms with E-state index in [2.05, 4.69) is 5.32 Å². The monoisotopic (exact) mass is 259 g/mol. The van der Waals surface area contributed by atoms with Crippen molar-refractivity contribution in [2.75, 3.05) is 23.3 Å². The van der Waals surface area contributed by atoms with E-state index in [1.54, 1.807) is 18.2 Å². The van der Waals surface area contributed by atoms with Gasteiger partial charge in [0.1, 0.15) is 12.6 Å². The first-order chi connectivity index (χ1) is 8.37. The standard InChI is InChI=1S/C11H12F3N3O/c12-11(13,14)6-17-5-7(15)10(18)16-8-3-1-2-4-9(8)17/h1-4,7H,5-6,15H2,(H,16,18). The Labute approximate surface area is 102 Å². The normalized spacial score (nSPS) is 20.1. The number of para-hydroxylation sites is 2. The zero-order chi connectivity index (χ0) is 13.3. The van der Waals surface area contributed by atoms with Crippen molar-refractivity contribution in [1.29, 1.82) is 0 Å². The van der Waals surface area contributed by atoms with Crippen LogP contribution in [-0.2, 0) is 4.79 Å². The van der Waals surface area contributed by atoms with Gasteiger partial charge in [-0.1, -0.05) is 12.1 Å². The summed E-state index contributed by atoms with van der Waals surface area (Å²) in [5.41, 5.74) is 6.22. The van der Waals surface area contributed by atoms with Crippen LogP contribution in [0.15, 0.2) is 24.3 Å². The minimum Gasteiger partial charge on any atom is -0.359 e. The molecule has 1 aliphatic heterocycles. The van der Waals surface area contributed by atoms with Gasteiger partial charge >= 0.3 is 6.18 Å². The van der Waals surface area contributed by atoms with E-state index in [0.717, 1.165) is 4.90 Å². The van der Waals surface area contributed by atoms with Gasteiger partial charge in [0.25, 0.3) is 0 Å². The summed E-state index contributed by atoms with van der Waals surface area (Å²) in [6.45, 7) is -1.30. The number of nitrogens with zero attached hydrogens (tertiary/aromatic N) is 1.